The zero-order chi connectivity index (χ0) is 19.2. The van der Waals surface area contributed by atoms with Gasteiger partial charge in [-0.05, 0) is 31.9 Å². The lowest BCUT2D eigenvalue weighted by molar-refractivity contribution is 0.0934. The number of anilines is 1. The number of benzene rings is 2. The number of carbonyl (C=O) groups is 1. The van der Waals surface area contributed by atoms with Crippen LogP contribution in [0.25, 0.3) is 0 Å². The summed E-state index contributed by atoms with van der Waals surface area (Å²) in [5.41, 5.74) is 3.79. The number of nitrogens with zero attached hydrogens (tertiary/aromatic N) is 2. The minimum Gasteiger partial charge on any atom is -0.366 e. The molecular weight excluding hydrogens is 336 g/mol. The van der Waals surface area contributed by atoms with Gasteiger partial charge >= 0.3 is 0 Å². The van der Waals surface area contributed by atoms with E-state index in [1.807, 2.05) is 37.3 Å². The van der Waals surface area contributed by atoms with E-state index < -0.39 is 0 Å². The lowest BCUT2D eigenvalue weighted by atomic mass is 10.1. The van der Waals surface area contributed by atoms with Crippen molar-refractivity contribution < 1.29 is 4.79 Å². The summed E-state index contributed by atoms with van der Waals surface area (Å²) in [6, 6.07) is 19.7. The first kappa shape index (κ1) is 18.6. The Morgan fingerprint density at radius 1 is 1.00 bits per heavy atom. The van der Waals surface area contributed by atoms with Crippen molar-refractivity contribution in [1.29, 1.82) is 0 Å². The molecule has 2 aromatic carbocycles. The van der Waals surface area contributed by atoms with Crippen molar-refractivity contribution >= 4 is 11.7 Å². The number of aromatic nitrogens is 2. The van der Waals surface area contributed by atoms with E-state index in [1.54, 1.807) is 13.0 Å². The molecule has 138 valence electrons. The monoisotopic (exact) mass is 360 g/mol. The summed E-state index contributed by atoms with van der Waals surface area (Å²) in [6.07, 6.45) is 0. The van der Waals surface area contributed by atoms with Gasteiger partial charge in [-0.3, -0.25) is 4.79 Å². The molecule has 0 aliphatic carbocycles. The van der Waals surface area contributed by atoms with Crippen molar-refractivity contribution in [3.05, 3.63) is 88.9 Å². The van der Waals surface area contributed by atoms with E-state index in [2.05, 4.69) is 51.8 Å². The van der Waals surface area contributed by atoms with Gasteiger partial charge in [-0.25, -0.2) is 9.97 Å². The quantitative estimate of drug-likeness (QED) is 0.691. The Morgan fingerprint density at radius 2 is 1.70 bits per heavy atom. The lowest BCUT2D eigenvalue weighted by Gasteiger charge is -2.14. The molecule has 3 aromatic rings. The van der Waals surface area contributed by atoms with Gasteiger partial charge in [0.25, 0.3) is 5.91 Å². The van der Waals surface area contributed by atoms with Crippen molar-refractivity contribution in [2.45, 2.75) is 33.4 Å². The second-order valence-electron chi connectivity index (χ2n) is 6.63. The third-order valence-corrected chi connectivity index (χ3v) is 4.31. The van der Waals surface area contributed by atoms with Crippen LogP contribution < -0.4 is 10.6 Å². The molecule has 1 aromatic heterocycles. The molecule has 5 heteroatoms. The van der Waals surface area contributed by atoms with Gasteiger partial charge in [0.05, 0.1) is 6.04 Å². The van der Waals surface area contributed by atoms with E-state index >= 15 is 0 Å². The third-order valence-electron chi connectivity index (χ3n) is 4.31. The fourth-order valence-corrected chi connectivity index (χ4v) is 2.77. The maximum absolute atomic E-state index is 12.6. The van der Waals surface area contributed by atoms with Gasteiger partial charge in [-0.1, -0.05) is 60.2 Å². The summed E-state index contributed by atoms with van der Waals surface area (Å²) in [6.45, 7) is 6.44. The van der Waals surface area contributed by atoms with Crippen molar-refractivity contribution in [3.63, 3.8) is 0 Å². The highest BCUT2D eigenvalue weighted by Gasteiger charge is 2.14. The van der Waals surface area contributed by atoms with Crippen LogP contribution in [0.1, 0.15) is 46.0 Å². The summed E-state index contributed by atoms with van der Waals surface area (Å²) >= 11 is 0. The molecule has 0 fully saturated rings. The van der Waals surface area contributed by atoms with Crippen LogP contribution in [0.15, 0.2) is 60.7 Å². The molecule has 1 amide bonds. The van der Waals surface area contributed by atoms with Crippen molar-refractivity contribution in [2.75, 3.05) is 5.32 Å². The molecule has 2 N–H and O–H groups in total. The first-order chi connectivity index (χ1) is 13.0. The van der Waals surface area contributed by atoms with E-state index in [1.165, 1.54) is 5.56 Å². The summed E-state index contributed by atoms with van der Waals surface area (Å²) in [7, 11) is 0. The molecule has 0 aliphatic rings. The Labute approximate surface area is 159 Å². The number of aryl methyl sites for hydroxylation is 2. The van der Waals surface area contributed by atoms with Crippen molar-refractivity contribution in [3.8, 4) is 0 Å². The molecule has 27 heavy (non-hydrogen) atoms. The number of carbonyl (C=O) groups excluding carboxylic acids is 1. The molecule has 0 aliphatic heterocycles. The molecule has 3 rings (SSSR count). The molecule has 0 spiro atoms. The predicted octanol–water partition coefficient (Wildman–Crippen LogP) is 4.20. The fraction of sp³-hybridized carbons (Fsp3) is 0.227. The molecular formula is C22H24N4O. The topological polar surface area (TPSA) is 66.9 Å². The average Bonchev–Trinajstić information content (AvgIpc) is 2.68. The first-order valence-electron chi connectivity index (χ1n) is 9.02. The van der Waals surface area contributed by atoms with Gasteiger partial charge in [0.15, 0.2) is 0 Å². The van der Waals surface area contributed by atoms with Crippen molar-refractivity contribution in [2.24, 2.45) is 0 Å². The van der Waals surface area contributed by atoms with E-state index in [4.69, 9.17) is 0 Å². The van der Waals surface area contributed by atoms with Crippen LogP contribution in [0.2, 0.25) is 0 Å². The molecule has 1 atom stereocenters. The van der Waals surface area contributed by atoms with Crippen LogP contribution in [-0.4, -0.2) is 15.9 Å². The maximum Gasteiger partial charge on any atom is 0.270 e. The van der Waals surface area contributed by atoms with E-state index in [-0.39, 0.29) is 11.9 Å². The lowest BCUT2D eigenvalue weighted by Crippen LogP contribution is -2.27. The number of rotatable bonds is 6. The minimum absolute atomic E-state index is 0.0991. The van der Waals surface area contributed by atoms with Crippen LogP contribution in [0, 0.1) is 13.8 Å². The minimum atomic E-state index is -0.213. The second kappa shape index (κ2) is 8.45. The van der Waals surface area contributed by atoms with Gasteiger partial charge in [0.2, 0.25) is 0 Å². The molecule has 0 saturated heterocycles. The Kier molecular flexibility index (Phi) is 5.81. The van der Waals surface area contributed by atoms with E-state index in [0.717, 1.165) is 11.1 Å². The SMILES string of the molecule is Cc1ccc(CNc2cc(C(=O)NC(C)c3ccccc3)nc(C)n2)cc1. The molecule has 5 nitrogen and oxygen atoms in total. The van der Waals surface area contributed by atoms with Crippen molar-refractivity contribution in [1.82, 2.24) is 15.3 Å². The van der Waals surface area contributed by atoms with Gasteiger partial charge < -0.3 is 10.6 Å². The molecule has 0 bridgehead atoms. The summed E-state index contributed by atoms with van der Waals surface area (Å²) < 4.78 is 0. The normalized spacial score (nSPS) is 11.7. The second-order valence-corrected chi connectivity index (χ2v) is 6.63. The fourth-order valence-electron chi connectivity index (χ4n) is 2.77. The summed E-state index contributed by atoms with van der Waals surface area (Å²) in [5, 5.41) is 6.26. The van der Waals surface area contributed by atoms with Crippen LogP contribution >= 0.6 is 0 Å². The maximum atomic E-state index is 12.6. The first-order valence-corrected chi connectivity index (χ1v) is 9.02. The van der Waals surface area contributed by atoms with Gasteiger partial charge in [0, 0.05) is 12.6 Å². The van der Waals surface area contributed by atoms with Gasteiger partial charge in [0.1, 0.15) is 17.3 Å². The Hall–Kier alpha value is -3.21. The predicted molar refractivity (Wildman–Crippen MR) is 108 cm³/mol. The van der Waals surface area contributed by atoms with Gasteiger partial charge in [-0.2, -0.15) is 0 Å². The summed E-state index contributed by atoms with van der Waals surface area (Å²) in [5.74, 6) is 0.984. The number of amides is 1. The molecule has 0 saturated carbocycles. The molecule has 1 heterocycles. The standard InChI is InChI=1S/C22H24N4O/c1-15-9-11-18(12-10-15)14-23-21-13-20(25-17(3)26-21)22(27)24-16(2)19-7-5-4-6-8-19/h4-13,16H,14H2,1-3H3,(H,24,27)(H,23,25,26). The number of hydrogen-bond acceptors (Lipinski definition) is 4. The number of hydrogen-bond donors (Lipinski definition) is 2. The highest BCUT2D eigenvalue weighted by atomic mass is 16.1. The zero-order valence-corrected chi connectivity index (χ0v) is 15.9. The highest BCUT2D eigenvalue weighted by molar-refractivity contribution is 5.93. The Bertz CT molecular complexity index is 907. The van der Waals surface area contributed by atoms with Crippen LogP contribution in [0.5, 0.6) is 0 Å². The Morgan fingerprint density at radius 3 is 2.41 bits per heavy atom. The Balaban J connectivity index is 1.68. The molecule has 1 unspecified atom stereocenters. The average molecular weight is 360 g/mol. The largest absolute Gasteiger partial charge is 0.366 e. The number of nitrogens with one attached hydrogen (secondary N) is 2. The van der Waals surface area contributed by atoms with Crippen LogP contribution in [0.4, 0.5) is 5.82 Å². The highest BCUT2D eigenvalue weighted by Crippen LogP contribution is 2.14. The smallest absolute Gasteiger partial charge is 0.270 e. The van der Waals surface area contributed by atoms with E-state index in [0.29, 0.717) is 23.9 Å². The van der Waals surface area contributed by atoms with E-state index in [9.17, 15) is 4.79 Å². The zero-order valence-electron chi connectivity index (χ0n) is 15.9. The summed E-state index contributed by atoms with van der Waals surface area (Å²) in [4.78, 5) is 21.3. The van der Waals surface area contributed by atoms with Crippen LogP contribution in [-0.2, 0) is 6.54 Å². The third kappa shape index (κ3) is 5.14. The van der Waals surface area contributed by atoms with Gasteiger partial charge in [-0.15, -0.1) is 0 Å². The van der Waals surface area contributed by atoms with Crippen LogP contribution in [0.3, 0.4) is 0 Å². The molecule has 0 radical (unpaired) electrons.